The number of anilines is 1. The monoisotopic (exact) mass is 275 g/mol. The Balaban J connectivity index is 2.07. The molecule has 1 aromatic rings. The van der Waals surface area contributed by atoms with Gasteiger partial charge in [-0.05, 0) is 39.8 Å². The van der Waals surface area contributed by atoms with Gasteiger partial charge in [-0.15, -0.1) is 0 Å². The minimum Gasteiger partial charge on any atom is -0.367 e. The fourth-order valence-electron chi connectivity index (χ4n) is 2.72. The highest BCUT2D eigenvalue weighted by atomic mass is 16.2. The number of nitrogens with zero attached hydrogens (tertiary/aromatic N) is 2. The maximum Gasteiger partial charge on any atom is 0.318 e. The largest absolute Gasteiger partial charge is 0.367 e. The normalized spacial score (nSPS) is 18.2. The summed E-state index contributed by atoms with van der Waals surface area (Å²) in [7, 11) is 0. The van der Waals surface area contributed by atoms with Gasteiger partial charge in [0.2, 0.25) is 0 Å². The molecule has 0 radical (unpaired) electrons. The maximum atomic E-state index is 12.3. The van der Waals surface area contributed by atoms with E-state index in [0.29, 0.717) is 0 Å². The fraction of sp³-hybridized carbons (Fsp3) is 0.562. The molecule has 0 aliphatic carbocycles. The summed E-state index contributed by atoms with van der Waals surface area (Å²) in [5, 5.41) is 2.99. The van der Waals surface area contributed by atoms with Crippen molar-refractivity contribution in [2.24, 2.45) is 0 Å². The number of amides is 2. The second kappa shape index (κ2) is 5.73. The van der Waals surface area contributed by atoms with E-state index in [-0.39, 0.29) is 17.6 Å². The third-order valence-corrected chi connectivity index (χ3v) is 3.68. The first-order valence-corrected chi connectivity index (χ1v) is 7.28. The van der Waals surface area contributed by atoms with Crippen molar-refractivity contribution >= 4 is 11.7 Å². The lowest BCUT2D eigenvalue weighted by Gasteiger charge is -2.48. The number of hydrogen-bond acceptors (Lipinski definition) is 2. The number of piperazine rings is 1. The lowest BCUT2D eigenvalue weighted by atomic mass is 9.98. The van der Waals surface area contributed by atoms with Crippen LogP contribution in [-0.4, -0.2) is 42.1 Å². The Hall–Kier alpha value is -1.71. The van der Waals surface area contributed by atoms with Gasteiger partial charge in [0, 0.05) is 31.4 Å². The van der Waals surface area contributed by atoms with Crippen molar-refractivity contribution in [3.63, 3.8) is 0 Å². The summed E-state index contributed by atoms with van der Waals surface area (Å²) in [5.41, 5.74) is 1.05. The van der Waals surface area contributed by atoms with Crippen LogP contribution in [0.1, 0.15) is 27.7 Å². The second-order valence-electron chi connectivity index (χ2n) is 6.33. The van der Waals surface area contributed by atoms with Crippen LogP contribution in [0.2, 0.25) is 0 Å². The molecular weight excluding hydrogens is 250 g/mol. The Kier molecular flexibility index (Phi) is 4.21. The van der Waals surface area contributed by atoms with Crippen molar-refractivity contribution in [3.05, 3.63) is 30.3 Å². The predicted molar refractivity (Wildman–Crippen MR) is 83.1 cm³/mol. The van der Waals surface area contributed by atoms with Crippen LogP contribution in [0.4, 0.5) is 10.5 Å². The van der Waals surface area contributed by atoms with Gasteiger partial charge < -0.3 is 15.1 Å². The molecule has 4 heteroatoms. The Bertz CT molecular complexity index is 456. The van der Waals surface area contributed by atoms with Gasteiger partial charge in [-0.2, -0.15) is 0 Å². The van der Waals surface area contributed by atoms with Crippen LogP contribution >= 0.6 is 0 Å². The highest BCUT2D eigenvalue weighted by Crippen LogP contribution is 2.25. The Morgan fingerprint density at radius 2 is 1.85 bits per heavy atom. The minimum absolute atomic E-state index is 0.0395. The molecule has 0 spiro atoms. The third kappa shape index (κ3) is 3.24. The van der Waals surface area contributed by atoms with Crippen molar-refractivity contribution in [2.45, 2.75) is 39.3 Å². The van der Waals surface area contributed by atoms with Crippen molar-refractivity contribution in [1.82, 2.24) is 10.2 Å². The molecular formula is C16H25N3O. The van der Waals surface area contributed by atoms with Crippen molar-refractivity contribution in [3.8, 4) is 0 Å². The van der Waals surface area contributed by atoms with Crippen LogP contribution in [0.5, 0.6) is 0 Å². The molecule has 1 saturated heterocycles. The van der Waals surface area contributed by atoms with Crippen LogP contribution in [0, 0.1) is 0 Å². The molecule has 0 bridgehead atoms. The molecule has 0 unspecified atom stereocenters. The van der Waals surface area contributed by atoms with Crippen molar-refractivity contribution in [1.29, 1.82) is 0 Å². The van der Waals surface area contributed by atoms with Crippen LogP contribution in [0.3, 0.4) is 0 Å². The molecule has 4 nitrogen and oxygen atoms in total. The summed E-state index contributed by atoms with van der Waals surface area (Å²) in [6.07, 6.45) is 0. The van der Waals surface area contributed by atoms with Gasteiger partial charge in [0.25, 0.3) is 0 Å². The van der Waals surface area contributed by atoms with Gasteiger partial charge in [-0.3, -0.25) is 0 Å². The van der Waals surface area contributed by atoms with E-state index in [9.17, 15) is 4.79 Å². The molecule has 20 heavy (non-hydrogen) atoms. The van der Waals surface area contributed by atoms with Gasteiger partial charge >= 0.3 is 6.03 Å². The van der Waals surface area contributed by atoms with Crippen LogP contribution in [0.25, 0.3) is 0 Å². The number of para-hydroxylation sites is 1. The zero-order valence-electron chi connectivity index (χ0n) is 12.9. The van der Waals surface area contributed by atoms with Crippen LogP contribution in [-0.2, 0) is 0 Å². The summed E-state index contributed by atoms with van der Waals surface area (Å²) in [6, 6.07) is 10.6. The predicted octanol–water partition coefficient (Wildman–Crippen LogP) is 2.71. The molecule has 1 fully saturated rings. The number of hydrogen-bond donors (Lipinski definition) is 1. The topological polar surface area (TPSA) is 35.6 Å². The quantitative estimate of drug-likeness (QED) is 0.901. The summed E-state index contributed by atoms with van der Waals surface area (Å²) < 4.78 is 0. The molecule has 0 aromatic heterocycles. The summed E-state index contributed by atoms with van der Waals surface area (Å²) in [6.45, 7) is 10.7. The molecule has 2 rings (SSSR count). The number of benzene rings is 1. The first kappa shape index (κ1) is 14.7. The third-order valence-electron chi connectivity index (χ3n) is 3.68. The average Bonchev–Trinajstić information content (AvgIpc) is 2.37. The molecule has 0 saturated carbocycles. The lowest BCUT2D eigenvalue weighted by Crippen LogP contribution is -2.63. The maximum absolute atomic E-state index is 12.3. The highest BCUT2D eigenvalue weighted by Gasteiger charge is 2.36. The fourth-order valence-corrected chi connectivity index (χ4v) is 2.72. The Labute approximate surface area is 121 Å². The number of nitrogens with one attached hydrogen (secondary N) is 1. The molecule has 110 valence electrons. The molecule has 1 aliphatic heterocycles. The smallest absolute Gasteiger partial charge is 0.318 e. The lowest BCUT2D eigenvalue weighted by molar-refractivity contribution is 0.122. The second-order valence-corrected chi connectivity index (χ2v) is 6.33. The molecule has 1 aliphatic rings. The van der Waals surface area contributed by atoms with Crippen molar-refractivity contribution < 1.29 is 4.79 Å². The van der Waals surface area contributed by atoms with E-state index < -0.39 is 0 Å². The number of urea groups is 1. The Morgan fingerprint density at radius 3 is 2.40 bits per heavy atom. The van der Waals surface area contributed by atoms with Crippen molar-refractivity contribution in [2.75, 3.05) is 24.5 Å². The van der Waals surface area contributed by atoms with Gasteiger partial charge in [-0.1, -0.05) is 18.2 Å². The standard InChI is InChI=1S/C16H25N3O/c1-13(2)17-15(20)19-11-10-18(12-16(19,3)4)14-8-6-5-7-9-14/h5-9,13H,10-12H2,1-4H3,(H,17,20). The SMILES string of the molecule is CC(C)NC(=O)N1CCN(c2ccccc2)CC1(C)C. The molecule has 1 N–H and O–H groups in total. The van der Waals surface area contributed by atoms with E-state index in [0.717, 1.165) is 19.6 Å². The summed E-state index contributed by atoms with van der Waals surface area (Å²) >= 11 is 0. The molecule has 1 aromatic carbocycles. The van der Waals surface area contributed by atoms with Gasteiger partial charge in [0.15, 0.2) is 0 Å². The average molecular weight is 275 g/mol. The zero-order chi connectivity index (χ0) is 14.8. The van der Waals surface area contributed by atoms with Gasteiger partial charge in [0.05, 0.1) is 5.54 Å². The summed E-state index contributed by atoms with van der Waals surface area (Å²) in [4.78, 5) is 16.6. The first-order chi connectivity index (χ1) is 9.40. The molecule has 1 heterocycles. The van der Waals surface area contributed by atoms with Crippen LogP contribution in [0.15, 0.2) is 30.3 Å². The summed E-state index contributed by atoms with van der Waals surface area (Å²) in [5.74, 6) is 0. The van der Waals surface area contributed by atoms with E-state index in [1.165, 1.54) is 5.69 Å². The number of carbonyl (C=O) groups is 1. The number of carbonyl (C=O) groups excluding carboxylic acids is 1. The van der Waals surface area contributed by atoms with E-state index in [4.69, 9.17) is 0 Å². The van der Waals surface area contributed by atoms with Crippen LogP contribution < -0.4 is 10.2 Å². The van der Waals surface area contributed by atoms with E-state index in [1.807, 2.05) is 24.8 Å². The van der Waals surface area contributed by atoms with E-state index in [1.54, 1.807) is 0 Å². The minimum atomic E-state index is -0.174. The Morgan fingerprint density at radius 1 is 1.20 bits per heavy atom. The van der Waals surface area contributed by atoms with E-state index in [2.05, 4.69) is 48.3 Å². The number of rotatable bonds is 2. The van der Waals surface area contributed by atoms with E-state index >= 15 is 0 Å². The molecule has 2 amide bonds. The molecule has 0 atom stereocenters. The highest BCUT2D eigenvalue weighted by molar-refractivity contribution is 5.75. The first-order valence-electron chi connectivity index (χ1n) is 7.28. The van der Waals surface area contributed by atoms with Gasteiger partial charge in [0.1, 0.15) is 0 Å². The zero-order valence-corrected chi connectivity index (χ0v) is 12.9. The van der Waals surface area contributed by atoms with Gasteiger partial charge in [-0.25, -0.2) is 4.79 Å².